The Morgan fingerprint density at radius 3 is 2.76 bits per heavy atom. The Bertz CT molecular complexity index is 741. The van der Waals surface area contributed by atoms with Crippen molar-refractivity contribution in [1.29, 1.82) is 0 Å². The van der Waals surface area contributed by atoms with E-state index in [9.17, 15) is 0 Å². The van der Waals surface area contributed by atoms with Crippen LogP contribution in [-0.4, -0.2) is 24.2 Å². The predicted octanol–water partition coefficient (Wildman–Crippen LogP) is 2.85. The molecule has 0 aliphatic heterocycles. The number of hydrogen-bond acceptors (Lipinski definition) is 6. The van der Waals surface area contributed by atoms with Gasteiger partial charge in [0, 0.05) is 5.39 Å². The molecule has 0 unspecified atom stereocenters. The van der Waals surface area contributed by atoms with Gasteiger partial charge >= 0.3 is 0 Å². The van der Waals surface area contributed by atoms with E-state index in [1.54, 1.807) is 20.5 Å². The van der Waals surface area contributed by atoms with Gasteiger partial charge < -0.3 is 19.2 Å². The minimum Gasteiger partial charge on any atom is -0.493 e. The Hall–Kier alpha value is -2.76. The molecular formula is C15H15N3O3. The normalized spacial score (nSPS) is 10.6. The Labute approximate surface area is 121 Å². The fourth-order valence-corrected chi connectivity index (χ4v) is 2.17. The van der Waals surface area contributed by atoms with Gasteiger partial charge in [0.1, 0.15) is 23.4 Å². The van der Waals surface area contributed by atoms with Gasteiger partial charge in [0.15, 0.2) is 11.5 Å². The van der Waals surface area contributed by atoms with Crippen LogP contribution in [0, 0.1) is 0 Å². The summed E-state index contributed by atoms with van der Waals surface area (Å²) in [6, 6.07) is 7.49. The molecule has 0 fully saturated rings. The lowest BCUT2D eigenvalue weighted by molar-refractivity contribution is 0.358. The molecule has 108 valence electrons. The number of ether oxygens (including phenoxy) is 2. The third kappa shape index (κ3) is 2.47. The minimum atomic E-state index is 0.549. The largest absolute Gasteiger partial charge is 0.493 e. The quantitative estimate of drug-likeness (QED) is 0.777. The van der Waals surface area contributed by atoms with E-state index in [0.29, 0.717) is 23.6 Å². The van der Waals surface area contributed by atoms with E-state index >= 15 is 0 Å². The predicted molar refractivity (Wildman–Crippen MR) is 78.7 cm³/mol. The summed E-state index contributed by atoms with van der Waals surface area (Å²) in [5.41, 5.74) is 0.703. The van der Waals surface area contributed by atoms with Crippen LogP contribution in [0.25, 0.3) is 10.9 Å². The number of methoxy groups -OCH3 is 2. The third-order valence-electron chi connectivity index (χ3n) is 3.16. The number of hydrogen-bond donors (Lipinski definition) is 1. The summed E-state index contributed by atoms with van der Waals surface area (Å²) in [4.78, 5) is 8.56. The van der Waals surface area contributed by atoms with Gasteiger partial charge in [0.2, 0.25) is 0 Å². The zero-order valence-electron chi connectivity index (χ0n) is 11.8. The van der Waals surface area contributed by atoms with Gasteiger partial charge in [0.05, 0.1) is 27.0 Å². The van der Waals surface area contributed by atoms with Crippen molar-refractivity contribution in [3.8, 4) is 11.5 Å². The first kappa shape index (κ1) is 13.2. The summed E-state index contributed by atoms with van der Waals surface area (Å²) >= 11 is 0. The lowest BCUT2D eigenvalue weighted by Crippen LogP contribution is -2.02. The second-order valence-electron chi connectivity index (χ2n) is 4.35. The first-order chi connectivity index (χ1) is 10.3. The van der Waals surface area contributed by atoms with Gasteiger partial charge in [-0.25, -0.2) is 9.97 Å². The van der Waals surface area contributed by atoms with E-state index in [4.69, 9.17) is 13.9 Å². The highest BCUT2D eigenvalue weighted by Crippen LogP contribution is 2.35. The lowest BCUT2D eigenvalue weighted by Gasteiger charge is -2.12. The second-order valence-corrected chi connectivity index (χ2v) is 4.35. The van der Waals surface area contributed by atoms with Crippen molar-refractivity contribution in [1.82, 2.24) is 9.97 Å². The van der Waals surface area contributed by atoms with Crippen LogP contribution < -0.4 is 14.8 Å². The molecule has 0 saturated carbocycles. The summed E-state index contributed by atoms with van der Waals surface area (Å²) in [5.74, 6) is 2.79. The van der Waals surface area contributed by atoms with Crippen LogP contribution in [0.3, 0.4) is 0 Å². The molecule has 6 nitrogen and oxygen atoms in total. The maximum Gasteiger partial charge on any atom is 0.187 e. The smallest absolute Gasteiger partial charge is 0.187 e. The number of fused-ring (bicyclic) bond motifs is 1. The number of benzene rings is 1. The molecule has 1 aromatic carbocycles. The molecule has 0 aliphatic rings. The number of nitrogens with one attached hydrogen (secondary N) is 1. The summed E-state index contributed by atoms with van der Waals surface area (Å²) in [6.45, 7) is 0.549. The zero-order chi connectivity index (χ0) is 14.7. The van der Waals surface area contributed by atoms with Crippen LogP contribution in [-0.2, 0) is 6.54 Å². The van der Waals surface area contributed by atoms with E-state index in [1.807, 2.05) is 24.3 Å². The summed E-state index contributed by atoms with van der Waals surface area (Å²) in [7, 11) is 3.19. The number of nitrogens with zero attached hydrogens (tertiary/aromatic N) is 2. The molecule has 2 heterocycles. The molecule has 3 aromatic rings. The van der Waals surface area contributed by atoms with Gasteiger partial charge in [0.25, 0.3) is 0 Å². The minimum absolute atomic E-state index is 0.549. The number of aromatic nitrogens is 2. The maximum atomic E-state index is 5.39. The van der Waals surface area contributed by atoms with Crippen molar-refractivity contribution in [3.63, 3.8) is 0 Å². The maximum absolute atomic E-state index is 5.39. The van der Waals surface area contributed by atoms with Crippen LogP contribution in [0.1, 0.15) is 5.76 Å². The molecule has 0 radical (unpaired) electrons. The Kier molecular flexibility index (Phi) is 3.59. The molecule has 2 aromatic heterocycles. The topological polar surface area (TPSA) is 69.4 Å². The molecule has 0 aliphatic carbocycles. The van der Waals surface area contributed by atoms with Crippen molar-refractivity contribution < 1.29 is 13.9 Å². The number of anilines is 1. The van der Waals surface area contributed by atoms with Crippen LogP contribution in [0.15, 0.2) is 41.3 Å². The molecule has 6 heteroatoms. The van der Waals surface area contributed by atoms with Crippen molar-refractivity contribution in [2.24, 2.45) is 0 Å². The van der Waals surface area contributed by atoms with Gasteiger partial charge in [-0.15, -0.1) is 0 Å². The molecule has 3 rings (SSSR count). The Morgan fingerprint density at radius 1 is 1.14 bits per heavy atom. The van der Waals surface area contributed by atoms with Crippen LogP contribution in [0.2, 0.25) is 0 Å². The molecular weight excluding hydrogens is 270 g/mol. The van der Waals surface area contributed by atoms with E-state index in [2.05, 4.69) is 15.3 Å². The van der Waals surface area contributed by atoms with Gasteiger partial charge in [-0.1, -0.05) is 0 Å². The van der Waals surface area contributed by atoms with Gasteiger partial charge in [-0.05, 0) is 24.3 Å². The summed E-state index contributed by atoms with van der Waals surface area (Å²) < 4.78 is 16.0. The number of furan rings is 1. The fraction of sp³-hybridized carbons (Fsp3) is 0.200. The van der Waals surface area contributed by atoms with Crippen molar-refractivity contribution in [3.05, 3.63) is 42.6 Å². The van der Waals surface area contributed by atoms with Crippen molar-refractivity contribution in [2.45, 2.75) is 6.54 Å². The Balaban J connectivity index is 1.99. The fourth-order valence-electron chi connectivity index (χ4n) is 2.17. The lowest BCUT2D eigenvalue weighted by atomic mass is 10.2. The molecule has 0 saturated heterocycles. The molecule has 0 atom stereocenters. The Morgan fingerprint density at radius 2 is 2.05 bits per heavy atom. The highest BCUT2D eigenvalue weighted by Gasteiger charge is 2.13. The molecule has 0 amide bonds. The van der Waals surface area contributed by atoms with E-state index in [0.717, 1.165) is 17.0 Å². The van der Waals surface area contributed by atoms with E-state index < -0.39 is 0 Å². The average molecular weight is 285 g/mol. The summed E-state index contributed by atoms with van der Waals surface area (Å²) in [5, 5.41) is 4.10. The van der Waals surface area contributed by atoms with Crippen LogP contribution >= 0.6 is 0 Å². The first-order valence-corrected chi connectivity index (χ1v) is 6.45. The first-order valence-electron chi connectivity index (χ1n) is 6.45. The zero-order valence-corrected chi connectivity index (χ0v) is 11.8. The van der Waals surface area contributed by atoms with Gasteiger partial charge in [-0.2, -0.15) is 0 Å². The monoisotopic (exact) mass is 285 g/mol. The SMILES string of the molecule is COc1ccc2c(NCc3ccco3)ncnc2c1OC. The molecule has 0 bridgehead atoms. The van der Waals surface area contributed by atoms with Crippen LogP contribution in [0.5, 0.6) is 11.5 Å². The number of rotatable bonds is 5. The highest BCUT2D eigenvalue weighted by molar-refractivity contribution is 5.94. The van der Waals surface area contributed by atoms with E-state index in [1.165, 1.54) is 6.33 Å². The second kappa shape index (κ2) is 5.70. The standard InChI is InChI=1S/C15H15N3O3/c1-19-12-6-5-11-13(14(12)20-2)17-9-18-15(11)16-8-10-4-3-7-21-10/h3-7,9H,8H2,1-2H3,(H,16,17,18). The third-order valence-corrected chi connectivity index (χ3v) is 3.16. The molecule has 1 N–H and O–H groups in total. The molecule has 0 spiro atoms. The average Bonchev–Trinajstić information content (AvgIpc) is 3.04. The van der Waals surface area contributed by atoms with Gasteiger partial charge in [-0.3, -0.25) is 0 Å². The molecule has 21 heavy (non-hydrogen) atoms. The summed E-state index contributed by atoms with van der Waals surface area (Å²) in [6.07, 6.45) is 3.14. The van der Waals surface area contributed by atoms with E-state index in [-0.39, 0.29) is 0 Å². The van der Waals surface area contributed by atoms with Crippen LogP contribution in [0.4, 0.5) is 5.82 Å². The highest BCUT2D eigenvalue weighted by atomic mass is 16.5. The van der Waals surface area contributed by atoms with Crippen molar-refractivity contribution >= 4 is 16.7 Å². The van der Waals surface area contributed by atoms with Crippen molar-refractivity contribution in [2.75, 3.05) is 19.5 Å².